The summed E-state index contributed by atoms with van der Waals surface area (Å²) in [5.74, 6) is -0.142. The molecule has 1 aliphatic heterocycles. The number of aliphatic imine (C=N–C) groups is 2. The van der Waals surface area contributed by atoms with E-state index in [4.69, 9.17) is 5.41 Å². The summed E-state index contributed by atoms with van der Waals surface area (Å²) in [4.78, 5) is 8.33. The number of hydrogen-bond donors (Lipinski definition) is 2. The molecule has 0 aromatic heterocycles. The van der Waals surface area contributed by atoms with Crippen LogP contribution < -0.4 is 5.32 Å². The zero-order valence-electron chi connectivity index (χ0n) is 15.1. The Hall–Kier alpha value is -2.08. The first kappa shape index (κ1) is 19.2. The Morgan fingerprint density at radius 1 is 1.28 bits per heavy atom. The van der Waals surface area contributed by atoms with Gasteiger partial charge in [0.05, 0.1) is 6.04 Å². The maximum atomic E-state index is 13.0. The summed E-state index contributed by atoms with van der Waals surface area (Å²) in [6.45, 7) is 7.94. The lowest BCUT2D eigenvalue weighted by atomic mass is 9.94. The maximum Gasteiger partial charge on any atom is 0.123 e. The van der Waals surface area contributed by atoms with Gasteiger partial charge < -0.3 is 20.9 Å². The molecule has 6 nitrogen and oxygen atoms in total. The number of rotatable bonds is 2. The molecule has 25 heavy (non-hydrogen) atoms. The fourth-order valence-corrected chi connectivity index (χ4v) is 3.29. The second-order valence-corrected chi connectivity index (χ2v) is 7.63. The molecule has 1 aromatic rings. The van der Waals surface area contributed by atoms with Crippen LogP contribution in [0.2, 0.25) is 0 Å². The normalized spacial score (nSPS) is 23.4. The lowest BCUT2D eigenvalue weighted by Crippen LogP contribution is -2.52. The van der Waals surface area contributed by atoms with E-state index < -0.39 is 5.54 Å². The van der Waals surface area contributed by atoms with Crippen molar-refractivity contribution in [3.63, 3.8) is 0 Å². The van der Waals surface area contributed by atoms with Gasteiger partial charge in [-0.25, -0.2) is 4.39 Å². The molecule has 1 atom stereocenters. The Bertz CT molecular complexity index is 677. The Morgan fingerprint density at radius 2 is 1.92 bits per heavy atom. The van der Waals surface area contributed by atoms with Crippen LogP contribution in [0.25, 0.3) is 5.41 Å². The number of hydroxylamine groups is 2. The SMILES string of the molecule is CC1(C)CCC(N=C(N=C=[N-])Nc2ccc(F)cc2)CC(C)(C)N1O. The van der Waals surface area contributed by atoms with Gasteiger partial charge in [-0.3, -0.25) is 4.99 Å². The summed E-state index contributed by atoms with van der Waals surface area (Å²) in [5, 5.41) is 23.8. The van der Waals surface area contributed by atoms with Crippen LogP contribution in [-0.4, -0.2) is 39.4 Å². The van der Waals surface area contributed by atoms with Crippen molar-refractivity contribution in [1.82, 2.24) is 5.06 Å². The van der Waals surface area contributed by atoms with Crippen molar-refractivity contribution in [3.8, 4) is 0 Å². The van der Waals surface area contributed by atoms with E-state index in [1.54, 1.807) is 18.1 Å². The fraction of sp³-hybridized carbons (Fsp3) is 0.556. The zero-order chi connectivity index (χ0) is 18.7. The van der Waals surface area contributed by atoms with Crippen molar-refractivity contribution in [2.45, 2.75) is 64.1 Å². The number of halogens is 1. The average Bonchev–Trinajstić information content (AvgIpc) is 2.60. The van der Waals surface area contributed by atoms with Gasteiger partial charge >= 0.3 is 0 Å². The molecular weight excluding hydrogens is 321 g/mol. The third-order valence-corrected chi connectivity index (χ3v) is 4.53. The lowest BCUT2D eigenvalue weighted by molar-refractivity contribution is -0.221. The smallest absolute Gasteiger partial charge is 0.123 e. The molecule has 0 bridgehead atoms. The van der Waals surface area contributed by atoms with Crippen molar-refractivity contribution in [1.29, 1.82) is 0 Å². The predicted molar refractivity (Wildman–Crippen MR) is 97.7 cm³/mol. The molecule has 0 radical (unpaired) electrons. The molecule has 2 rings (SSSR count). The van der Waals surface area contributed by atoms with Crippen LogP contribution in [0.1, 0.15) is 47.0 Å². The third kappa shape index (κ3) is 4.95. The Kier molecular flexibility index (Phi) is 5.72. The van der Waals surface area contributed by atoms with Crippen LogP contribution in [0.3, 0.4) is 0 Å². The van der Waals surface area contributed by atoms with E-state index >= 15 is 0 Å². The molecule has 1 aliphatic rings. The van der Waals surface area contributed by atoms with Gasteiger partial charge in [-0.1, -0.05) is 0 Å². The molecule has 0 aliphatic carbocycles. The summed E-state index contributed by atoms with van der Waals surface area (Å²) in [7, 11) is 0. The van der Waals surface area contributed by atoms with Gasteiger partial charge in [-0.2, -0.15) is 5.06 Å². The van der Waals surface area contributed by atoms with E-state index in [1.807, 2.05) is 27.7 Å². The van der Waals surface area contributed by atoms with E-state index in [2.05, 4.69) is 15.3 Å². The Labute approximate surface area is 148 Å². The molecule has 7 heteroatoms. The largest absolute Gasteiger partial charge is 0.422 e. The third-order valence-electron chi connectivity index (χ3n) is 4.53. The summed E-state index contributed by atoms with van der Waals surface area (Å²) in [6.07, 6.45) is 2.16. The zero-order valence-corrected chi connectivity index (χ0v) is 15.1. The van der Waals surface area contributed by atoms with Gasteiger partial charge in [0.15, 0.2) is 0 Å². The Balaban J connectivity index is 2.24. The van der Waals surface area contributed by atoms with Crippen LogP contribution in [-0.2, 0) is 0 Å². The van der Waals surface area contributed by atoms with Gasteiger partial charge in [0.1, 0.15) is 11.8 Å². The van der Waals surface area contributed by atoms with Crippen molar-refractivity contribution >= 4 is 17.7 Å². The highest BCUT2D eigenvalue weighted by atomic mass is 19.1. The van der Waals surface area contributed by atoms with E-state index in [0.717, 1.165) is 12.8 Å². The van der Waals surface area contributed by atoms with Gasteiger partial charge in [-0.15, -0.1) is 6.01 Å². The topological polar surface area (TPSA) is 82.5 Å². The monoisotopic (exact) mass is 346 g/mol. The minimum absolute atomic E-state index is 0.0912. The van der Waals surface area contributed by atoms with Gasteiger partial charge in [0.2, 0.25) is 0 Å². The van der Waals surface area contributed by atoms with Crippen LogP contribution >= 0.6 is 0 Å². The number of nitrogens with zero attached hydrogens (tertiary/aromatic N) is 4. The van der Waals surface area contributed by atoms with Crippen molar-refractivity contribution < 1.29 is 9.60 Å². The molecule has 1 fully saturated rings. The molecule has 136 valence electrons. The molecule has 0 amide bonds. The first-order chi connectivity index (χ1) is 11.6. The molecule has 1 saturated heterocycles. The molecule has 0 saturated carbocycles. The fourth-order valence-electron chi connectivity index (χ4n) is 3.29. The van der Waals surface area contributed by atoms with E-state index in [1.165, 1.54) is 17.2 Å². The van der Waals surface area contributed by atoms with Gasteiger partial charge in [-0.05, 0) is 71.2 Å². The van der Waals surface area contributed by atoms with Crippen LogP contribution in [0.15, 0.2) is 34.3 Å². The predicted octanol–water partition coefficient (Wildman–Crippen LogP) is 4.14. The highest BCUT2D eigenvalue weighted by molar-refractivity contribution is 5.97. The van der Waals surface area contributed by atoms with Crippen LogP contribution in [0, 0.1) is 5.82 Å². The van der Waals surface area contributed by atoms with Crippen molar-refractivity contribution in [2.75, 3.05) is 5.32 Å². The van der Waals surface area contributed by atoms with Crippen LogP contribution in [0.5, 0.6) is 0 Å². The summed E-state index contributed by atoms with van der Waals surface area (Å²) < 4.78 is 13.0. The van der Waals surface area contributed by atoms with E-state index in [9.17, 15) is 9.60 Å². The maximum absolute atomic E-state index is 13.0. The number of benzene rings is 1. The Morgan fingerprint density at radius 3 is 2.52 bits per heavy atom. The summed E-state index contributed by atoms with van der Waals surface area (Å²) in [5.41, 5.74) is -0.205. The molecule has 1 unspecified atom stereocenters. The van der Waals surface area contributed by atoms with Crippen LogP contribution in [0.4, 0.5) is 10.1 Å². The van der Waals surface area contributed by atoms with Crippen molar-refractivity contribution in [2.24, 2.45) is 9.98 Å². The minimum atomic E-state index is -0.457. The molecule has 2 N–H and O–H groups in total. The summed E-state index contributed by atoms with van der Waals surface area (Å²) >= 11 is 0. The number of anilines is 1. The number of guanidine groups is 1. The molecular formula is C18H25FN5O-. The first-order valence-corrected chi connectivity index (χ1v) is 8.33. The average molecular weight is 346 g/mol. The number of hydrogen-bond acceptors (Lipinski definition) is 3. The van der Waals surface area contributed by atoms with Crippen molar-refractivity contribution in [3.05, 3.63) is 35.5 Å². The first-order valence-electron chi connectivity index (χ1n) is 8.33. The second-order valence-electron chi connectivity index (χ2n) is 7.63. The van der Waals surface area contributed by atoms with E-state index in [-0.39, 0.29) is 23.4 Å². The van der Waals surface area contributed by atoms with Gasteiger partial charge in [0.25, 0.3) is 0 Å². The highest BCUT2D eigenvalue weighted by Gasteiger charge is 2.41. The quantitative estimate of drug-likeness (QED) is 0.624. The minimum Gasteiger partial charge on any atom is -0.422 e. The highest BCUT2D eigenvalue weighted by Crippen LogP contribution is 2.36. The summed E-state index contributed by atoms with van der Waals surface area (Å²) in [6, 6.07) is 7.44. The molecule has 1 aromatic carbocycles. The standard InChI is InChI=1S/C18H25FN5O/c1-17(2)10-9-15(11-18(3,4)24(17)25)23-16(21-12-20)22-14-7-5-13(19)6-8-14/h5-8,15,25H,9-11H2,1-4H3,(H,22,23)/q-1. The van der Waals surface area contributed by atoms with Gasteiger partial charge in [0, 0.05) is 16.8 Å². The van der Waals surface area contributed by atoms with E-state index in [0.29, 0.717) is 12.1 Å². The molecule has 0 spiro atoms. The second kappa shape index (κ2) is 7.44. The lowest BCUT2D eigenvalue weighted by Gasteiger charge is -2.42. The number of nitrogens with one attached hydrogen (secondary N) is 1. The molecule has 1 heterocycles.